The number of fused-ring (bicyclic) bond motifs is 1. The van der Waals surface area contributed by atoms with Crippen molar-refractivity contribution in [2.75, 3.05) is 0 Å². The summed E-state index contributed by atoms with van der Waals surface area (Å²) in [6.07, 6.45) is 1.61. The van der Waals surface area contributed by atoms with E-state index in [0.717, 1.165) is 29.7 Å². The van der Waals surface area contributed by atoms with Gasteiger partial charge in [0.25, 0.3) is 0 Å². The van der Waals surface area contributed by atoms with Gasteiger partial charge in [-0.3, -0.25) is 4.57 Å². The lowest BCUT2D eigenvalue weighted by Gasteiger charge is -2.16. The Bertz CT molecular complexity index is 960. The Morgan fingerprint density at radius 2 is 1.46 bits per heavy atom. The second-order valence-corrected chi connectivity index (χ2v) is 8.88. The fourth-order valence-electron chi connectivity index (χ4n) is 3.13. The molecule has 3 aromatic rings. The zero-order valence-electron chi connectivity index (χ0n) is 14.0. The molecule has 1 aliphatic carbocycles. The van der Waals surface area contributed by atoms with Crippen molar-refractivity contribution in [3.63, 3.8) is 0 Å². The predicted molar refractivity (Wildman–Crippen MR) is 107 cm³/mol. The van der Waals surface area contributed by atoms with Crippen LogP contribution in [-0.4, -0.2) is 5.71 Å². The summed E-state index contributed by atoms with van der Waals surface area (Å²) in [4.78, 5) is 0. The van der Waals surface area contributed by atoms with Gasteiger partial charge >= 0.3 is 7.37 Å². The Morgan fingerprint density at radius 3 is 2.08 bits per heavy atom. The van der Waals surface area contributed by atoms with E-state index < -0.39 is 7.37 Å². The van der Waals surface area contributed by atoms with E-state index in [4.69, 9.17) is 16.2 Å². The van der Waals surface area contributed by atoms with E-state index in [-0.39, 0.29) is 0 Å². The monoisotopic (exact) mass is 381 g/mol. The summed E-state index contributed by atoms with van der Waals surface area (Å²) in [5.74, 6) is 0. The zero-order valence-corrected chi connectivity index (χ0v) is 15.7. The molecule has 130 valence electrons. The van der Waals surface area contributed by atoms with Crippen LogP contribution in [0.4, 0.5) is 0 Å². The third kappa shape index (κ3) is 3.21. The molecular formula is C21H17ClNO2P. The first-order chi connectivity index (χ1) is 12.7. The average Bonchev–Trinajstić information content (AvgIpc) is 3.09. The number of hydrogen-bond acceptors (Lipinski definition) is 3. The topological polar surface area (TPSA) is 38.7 Å². The Kier molecular flexibility index (Phi) is 4.67. The van der Waals surface area contributed by atoms with Gasteiger partial charge in [-0.05, 0) is 54.8 Å². The molecular weight excluding hydrogens is 365 g/mol. The molecule has 3 nitrogen and oxygen atoms in total. The molecule has 0 radical (unpaired) electrons. The molecule has 0 aliphatic heterocycles. The highest BCUT2D eigenvalue weighted by Gasteiger charge is 2.31. The average molecular weight is 382 g/mol. The van der Waals surface area contributed by atoms with Crippen LogP contribution in [0.1, 0.15) is 17.5 Å². The van der Waals surface area contributed by atoms with E-state index in [0.29, 0.717) is 15.6 Å². The maximum atomic E-state index is 13.8. The molecule has 0 aromatic heterocycles. The molecule has 0 amide bonds. The fourth-order valence-corrected chi connectivity index (χ4v) is 5.16. The SMILES string of the molecule is O=P(ON=C1CCc2cc(Cl)ccc21)(c1ccccc1)c1ccccc1. The van der Waals surface area contributed by atoms with Crippen molar-refractivity contribution in [3.05, 3.63) is 95.0 Å². The molecule has 26 heavy (non-hydrogen) atoms. The molecule has 0 fully saturated rings. The lowest BCUT2D eigenvalue weighted by atomic mass is 10.1. The Morgan fingerprint density at radius 1 is 0.846 bits per heavy atom. The van der Waals surface area contributed by atoms with Crippen molar-refractivity contribution in [1.29, 1.82) is 0 Å². The summed E-state index contributed by atoms with van der Waals surface area (Å²) < 4.78 is 19.6. The molecule has 0 bridgehead atoms. The van der Waals surface area contributed by atoms with Crippen LogP contribution >= 0.6 is 19.0 Å². The summed E-state index contributed by atoms with van der Waals surface area (Å²) in [6.45, 7) is 0. The summed E-state index contributed by atoms with van der Waals surface area (Å²) in [6, 6.07) is 24.2. The molecule has 0 unspecified atom stereocenters. The van der Waals surface area contributed by atoms with Crippen molar-refractivity contribution in [3.8, 4) is 0 Å². The van der Waals surface area contributed by atoms with Crippen molar-refractivity contribution in [1.82, 2.24) is 0 Å². The van der Waals surface area contributed by atoms with Gasteiger partial charge in [0.1, 0.15) is 0 Å². The standard InChI is InChI=1S/C21H17ClNO2P/c22-17-12-13-20-16(15-17)11-14-21(20)23-25-26(24,18-7-3-1-4-8-18)19-9-5-2-6-10-19/h1-10,12-13,15H,11,14H2. The highest BCUT2D eigenvalue weighted by atomic mass is 35.5. The molecule has 0 spiro atoms. The molecule has 0 N–H and O–H groups in total. The zero-order chi connectivity index (χ0) is 18.0. The smallest absolute Gasteiger partial charge is 0.330 e. The quantitative estimate of drug-likeness (QED) is 0.474. The molecule has 0 atom stereocenters. The van der Waals surface area contributed by atoms with E-state index >= 15 is 0 Å². The number of nitrogens with zero attached hydrogens (tertiary/aromatic N) is 1. The lowest BCUT2D eigenvalue weighted by molar-refractivity contribution is 0.348. The van der Waals surface area contributed by atoms with Crippen molar-refractivity contribution < 1.29 is 9.19 Å². The van der Waals surface area contributed by atoms with Gasteiger partial charge in [-0.1, -0.05) is 59.2 Å². The van der Waals surface area contributed by atoms with E-state index in [2.05, 4.69) is 5.16 Å². The molecule has 5 heteroatoms. The van der Waals surface area contributed by atoms with E-state index in [1.165, 1.54) is 0 Å². The number of benzene rings is 3. The minimum absolute atomic E-state index is 0.630. The summed E-state index contributed by atoms with van der Waals surface area (Å²) in [7, 11) is -3.31. The van der Waals surface area contributed by atoms with Crippen LogP contribution in [0.3, 0.4) is 0 Å². The van der Waals surface area contributed by atoms with Gasteiger partial charge < -0.3 is 4.62 Å². The number of oxime groups is 1. The van der Waals surface area contributed by atoms with Crippen LogP contribution in [0.2, 0.25) is 5.02 Å². The lowest BCUT2D eigenvalue weighted by Crippen LogP contribution is -2.17. The van der Waals surface area contributed by atoms with Crippen LogP contribution in [0.25, 0.3) is 0 Å². The number of hydrogen-bond donors (Lipinski definition) is 0. The van der Waals surface area contributed by atoms with Crippen LogP contribution in [0.15, 0.2) is 84.0 Å². The Labute approximate surface area is 157 Å². The minimum atomic E-state index is -3.31. The highest BCUT2D eigenvalue weighted by molar-refractivity contribution is 7.74. The maximum Gasteiger partial charge on any atom is 0.330 e. The number of rotatable bonds is 4. The number of aryl methyl sites for hydroxylation is 1. The fraction of sp³-hybridized carbons (Fsp3) is 0.0952. The van der Waals surface area contributed by atoms with Gasteiger partial charge in [-0.15, -0.1) is 0 Å². The largest absolute Gasteiger partial charge is 0.330 e. The highest BCUT2D eigenvalue weighted by Crippen LogP contribution is 2.45. The first kappa shape index (κ1) is 17.1. The van der Waals surface area contributed by atoms with Crippen LogP contribution in [-0.2, 0) is 15.6 Å². The van der Waals surface area contributed by atoms with Gasteiger partial charge in [-0.25, -0.2) is 0 Å². The van der Waals surface area contributed by atoms with Crippen LogP contribution in [0, 0.1) is 0 Å². The normalized spacial score (nSPS) is 15.0. The molecule has 4 rings (SSSR count). The predicted octanol–water partition coefficient (Wildman–Crippen LogP) is 4.94. The van der Waals surface area contributed by atoms with Crippen molar-refractivity contribution in [2.45, 2.75) is 12.8 Å². The summed E-state index contributed by atoms with van der Waals surface area (Å²) in [5.41, 5.74) is 2.97. The van der Waals surface area contributed by atoms with Gasteiger partial charge in [0.15, 0.2) is 0 Å². The molecule has 3 aromatic carbocycles. The van der Waals surface area contributed by atoms with Crippen LogP contribution < -0.4 is 10.6 Å². The van der Waals surface area contributed by atoms with Gasteiger partial charge in [0.2, 0.25) is 0 Å². The third-order valence-electron chi connectivity index (χ3n) is 4.47. The van der Waals surface area contributed by atoms with Crippen molar-refractivity contribution in [2.24, 2.45) is 5.16 Å². The second-order valence-electron chi connectivity index (χ2n) is 6.14. The molecule has 0 saturated carbocycles. The molecule has 0 heterocycles. The van der Waals surface area contributed by atoms with E-state index in [9.17, 15) is 4.57 Å². The van der Waals surface area contributed by atoms with E-state index in [1.54, 1.807) is 0 Å². The molecule has 0 saturated heterocycles. The first-order valence-corrected chi connectivity index (χ1v) is 10.4. The second kappa shape index (κ2) is 7.11. The van der Waals surface area contributed by atoms with E-state index in [1.807, 2.05) is 78.9 Å². The van der Waals surface area contributed by atoms with Gasteiger partial charge in [-0.2, -0.15) is 0 Å². The Hall–Kier alpha value is -2.35. The summed E-state index contributed by atoms with van der Waals surface area (Å²) >= 11 is 6.07. The Balaban J connectivity index is 1.73. The van der Waals surface area contributed by atoms with Gasteiger partial charge in [0, 0.05) is 10.6 Å². The minimum Gasteiger partial charge on any atom is -0.330 e. The maximum absolute atomic E-state index is 13.8. The number of halogens is 1. The molecule has 1 aliphatic rings. The summed E-state index contributed by atoms with van der Waals surface area (Å²) in [5, 5.41) is 6.30. The van der Waals surface area contributed by atoms with Gasteiger partial charge in [0.05, 0.1) is 16.3 Å². The first-order valence-electron chi connectivity index (χ1n) is 8.42. The van der Waals surface area contributed by atoms with Crippen LogP contribution in [0.5, 0.6) is 0 Å². The van der Waals surface area contributed by atoms with Crippen molar-refractivity contribution >= 4 is 35.3 Å². The third-order valence-corrected chi connectivity index (χ3v) is 6.97.